The second-order valence-electron chi connectivity index (χ2n) is 9.81. The Kier molecular flexibility index (Phi) is 4.29. The van der Waals surface area contributed by atoms with Crippen LogP contribution >= 0.6 is 0 Å². The molecule has 1 saturated heterocycles. The zero-order valence-corrected chi connectivity index (χ0v) is 19.1. The lowest BCUT2D eigenvalue weighted by Gasteiger charge is -2.56. The molecular formula is C25H26N8O. The Labute approximate surface area is 196 Å². The molecule has 7 rings (SSSR count). The summed E-state index contributed by atoms with van der Waals surface area (Å²) in [4.78, 5) is 11.6. The Morgan fingerprint density at radius 3 is 2.76 bits per heavy atom. The summed E-state index contributed by atoms with van der Waals surface area (Å²) >= 11 is 0. The molecule has 9 heteroatoms. The SMILES string of the molecule is COc1cc(-c2cn(Cc3cn4cc(CN5CC6(CCC6)C5)ccc4n3)nn2)c2cncn2c1. The van der Waals surface area contributed by atoms with Crippen LogP contribution in [0, 0.1) is 5.41 Å². The molecule has 0 atom stereocenters. The van der Waals surface area contributed by atoms with Crippen molar-refractivity contribution in [2.24, 2.45) is 5.41 Å². The number of rotatable bonds is 6. The van der Waals surface area contributed by atoms with Crippen LogP contribution in [0.15, 0.2) is 55.5 Å². The highest BCUT2D eigenvalue weighted by Gasteiger charge is 2.46. The molecule has 2 fully saturated rings. The van der Waals surface area contributed by atoms with Crippen molar-refractivity contribution in [3.05, 3.63) is 66.8 Å². The van der Waals surface area contributed by atoms with E-state index in [1.165, 1.54) is 37.9 Å². The molecule has 0 N–H and O–H groups in total. The first-order valence-corrected chi connectivity index (χ1v) is 11.8. The molecule has 0 aromatic carbocycles. The molecule has 0 radical (unpaired) electrons. The maximum atomic E-state index is 5.43. The number of fused-ring (bicyclic) bond motifs is 2. The van der Waals surface area contributed by atoms with Gasteiger partial charge in [0.1, 0.15) is 17.1 Å². The average Bonchev–Trinajstić information content (AvgIpc) is 3.53. The minimum absolute atomic E-state index is 0.554. The Balaban J connectivity index is 1.10. The van der Waals surface area contributed by atoms with Crippen molar-refractivity contribution in [1.82, 2.24) is 38.7 Å². The molecule has 6 heterocycles. The Hall–Kier alpha value is -3.72. The number of ether oxygens (including phenoxy) is 1. The number of likely N-dealkylation sites (tertiary alicyclic amines) is 1. The maximum absolute atomic E-state index is 5.43. The molecule has 1 aliphatic carbocycles. The van der Waals surface area contributed by atoms with Gasteiger partial charge >= 0.3 is 0 Å². The third kappa shape index (κ3) is 3.27. The molecule has 1 spiro atoms. The molecule has 1 saturated carbocycles. The topological polar surface area (TPSA) is 77.8 Å². The van der Waals surface area contributed by atoms with Gasteiger partial charge in [-0.25, -0.2) is 14.6 Å². The van der Waals surface area contributed by atoms with E-state index in [-0.39, 0.29) is 0 Å². The Morgan fingerprint density at radius 1 is 1.03 bits per heavy atom. The molecule has 2 aliphatic rings. The van der Waals surface area contributed by atoms with E-state index in [1.807, 2.05) is 33.7 Å². The quantitative estimate of drug-likeness (QED) is 0.392. The number of aromatic nitrogens is 7. The van der Waals surface area contributed by atoms with E-state index in [0.29, 0.717) is 12.0 Å². The van der Waals surface area contributed by atoms with E-state index in [4.69, 9.17) is 9.72 Å². The molecule has 1 aliphatic heterocycles. The smallest absolute Gasteiger partial charge is 0.137 e. The van der Waals surface area contributed by atoms with Crippen molar-refractivity contribution in [1.29, 1.82) is 0 Å². The van der Waals surface area contributed by atoms with E-state index in [0.717, 1.165) is 40.4 Å². The van der Waals surface area contributed by atoms with E-state index < -0.39 is 0 Å². The van der Waals surface area contributed by atoms with Crippen LogP contribution < -0.4 is 4.74 Å². The fourth-order valence-electron chi connectivity index (χ4n) is 5.51. The molecular weight excluding hydrogens is 428 g/mol. The summed E-state index contributed by atoms with van der Waals surface area (Å²) < 4.78 is 11.3. The summed E-state index contributed by atoms with van der Waals surface area (Å²) in [7, 11) is 1.65. The van der Waals surface area contributed by atoms with Crippen molar-refractivity contribution in [2.45, 2.75) is 32.4 Å². The first-order valence-electron chi connectivity index (χ1n) is 11.8. The van der Waals surface area contributed by atoms with Crippen molar-refractivity contribution < 1.29 is 4.74 Å². The van der Waals surface area contributed by atoms with Gasteiger partial charge in [-0.2, -0.15) is 0 Å². The lowest BCUT2D eigenvalue weighted by Crippen LogP contribution is -2.58. The monoisotopic (exact) mass is 454 g/mol. The molecule has 5 aromatic heterocycles. The normalized spacial score (nSPS) is 17.3. The highest BCUT2D eigenvalue weighted by Crippen LogP contribution is 2.48. The standard InChI is InChI=1S/C25H26N8O/c1-34-20-7-21(23-8-26-17-32(23)13-20)22-14-33(29-28-22)12-19-11-31-10-18(3-4-24(31)27-19)9-30-15-25(16-30)5-2-6-25/h3-4,7-8,10-11,13-14,17H,2,5-6,9,12,15-16H2,1H3. The maximum Gasteiger partial charge on any atom is 0.137 e. The summed E-state index contributed by atoms with van der Waals surface area (Å²) in [6, 6.07) is 6.27. The predicted molar refractivity (Wildman–Crippen MR) is 127 cm³/mol. The highest BCUT2D eigenvalue weighted by molar-refractivity contribution is 5.78. The number of pyridine rings is 2. The molecule has 5 aromatic rings. The number of hydrogen-bond donors (Lipinski definition) is 0. The largest absolute Gasteiger partial charge is 0.495 e. The third-order valence-corrected chi connectivity index (χ3v) is 7.37. The minimum atomic E-state index is 0.554. The molecule has 172 valence electrons. The van der Waals surface area contributed by atoms with Gasteiger partial charge < -0.3 is 13.5 Å². The minimum Gasteiger partial charge on any atom is -0.495 e. The van der Waals surface area contributed by atoms with Gasteiger partial charge in [0.25, 0.3) is 0 Å². The molecule has 0 amide bonds. The van der Waals surface area contributed by atoms with E-state index in [1.54, 1.807) is 13.4 Å². The van der Waals surface area contributed by atoms with Gasteiger partial charge in [-0.3, -0.25) is 4.90 Å². The zero-order chi connectivity index (χ0) is 22.7. The average molecular weight is 455 g/mol. The van der Waals surface area contributed by atoms with Crippen molar-refractivity contribution >= 4 is 11.2 Å². The zero-order valence-electron chi connectivity index (χ0n) is 19.1. The summed E-state index contributed by atoms with van der Waals surface area (Å²) in [5, 5.41) is 8.75. The van der Waals surface area contributed by atoms with Gasteiger partial charge in [-0.1, -0.05) is 17.7 Å². The molecule has 34 heavy (non-hydrogen) atoms. The number of methoxy groups -OCH3 is 1. The van der Waals surface area contributed by atoms with Gasteiger partial charge in [0, 0.05) is 37.6 Å². The Morgan fingerprint density at radius 2 is 1.94 bits per heavy atom. The summed E-state index contributed by atoms with van der Waals surface area (Å²) in [5.74, 6) is 0.743. The van der Waals surface area contributed by atoms with Crippen molar-refractivity contribution in [3.8, 4) is 17.0 Å². The van der Waals surface area contributed by atoms with Gasteiger partial charge in [-0.15, -0.1) is 5.10 Å². The van der Waals surface area contributed by atoms with Crippen LogP contribution in [0.25, 0.3) is 22.4 Å². The van der Waals surface area contributed by atoms with Crippen LogP contribution in [-0.4, -0.2) is 58.9 Å². The number of imidazole rings is 2. The molecule has 0 bridgehead atoms. The number of nitrogens with zero attached hydrogens (tertiary/aromatic N) is 8. The van der Waals surface area contributed by atoms with Crippen LogP contribution in [-0.2, 0) is 13.1 Å². The summed E-state index contributed by atoms with van der Waals surface area (Å²) in [6.07, 6.45) is 16.0. The van der Waals surface area contributed by atoms with Crippen LogP contribution in [0.4, 0.5) is 0 Å². The van der Waals surface area contributed by atoms with Gasteiger partial charge in [-0.05, 0) is 36.0 Å². The summed E-state index contributed by atoms with van der Waals surface area (Å²) in [6.45, 7) is 4.08. The van der Waals surface area contributed by atoms with Crippen LogP contribution in [0.3, 0.4) is 0 Å². The van der Waals surface area contributed by atoms with Gasteiger partial charge in [0.2, 0.25) is 0 Å². The Bertz CT molecular complexity index is 1500. The lowest BCUT2D eigenvalue weighted by atomic mass is 9.63. The van der Waals surface area contributed by atoms with E-state index in [2.05, 4.69) is 49.1 Å². The fourth-order valence-corrected chi connectivity index (χ4v) is 5.51. The van der Waals surface area contributed by atoms with Gasteiger partial charge in [0.05, 0.1) is 49.8 Å². The van der Waals surface area contributed by atoms with E-state index >= 15 is 0 Å². The van der Waals surface area contributed by atoms with E-state index in [9.17, 15) is 0 Å². The molecule has 0 unspecified atom stereocenters. The second kappa shape index (κ2) is 7.39. The molecule has 9 nitrogen and oxygen atoms in total. The second-order valence-corrected chi connectivity index (χ2v) is 9.81. The first-order chi connectivity index (χ1) is 16.7. The third-order valence-electron chi connectivity index (χ3n) is 7.37. The van der Waals surface area contributed by atoms with Crippen molar-refractivity contribution in [3.63, 3.8) is 0 Å². The predicted octanol–water partition coefficient (Wildman–Crippen LogP) is 3.28. The van der Waals surface area contributed by atoms with Crippen molar-refractivity contribution in [2.75, 3.05) is 20.2 Å². The first kappa shape index (κ1) is 19.7. The fraction of sp³-hybridized carbons (Fsp3) is 0.360. The lowest BCUT2D eigenvalue weighted by molar-refractivity contribution is -0.0645. The van der Waals surface area contributed by atoms with Crippen LogP contribution in [0.1, 0.15) is 30.5 Å². The van der Waals surface area contributed by atoms with Crippen LogP contribution in [0.2, 0.25) is 0 Å². The van der Waals surface area contributed by atoms with Crippen LogP contribution in [0.5, 0.6) is 5.75 Å². The summed E-state index contributed by atoms with van der Waals surface area (Å²) in [5.41, 5.74) is 6.55. The number of hydrogen-bond acceptors (Lipinski definition) is 6. The highest BCUT2D eigenvalue weighted by atomic mass is 16.5. The van der Waals surface area contributed by atoms with Gasteiger partial charge in [0.15, 0.2) is 0 Å².